The Bertz CT molecular complexity index is 562. The molecule has 3 rings (SSSR count). The van der Waals surface area contributed by atoms with Crippen LogP contribution < -0.4 is 5.32 Å². The Kier molecular flexibility index (Phi) is 3.22. The van der Waals surface area contributed by atoms with Gasteiger partial charge in [0.25, 0.3) is 0 Å². The molecule has 0 amide bonds. The molecule has 1 N–H and O–H groups in total. The maximum atomic E-state index is 5.87. The number of nitrogens with zero attached hydrogens (tertiary/aromatic N) is 2. The van der Waals surface area contributed by atoms with E-state index in [2.05, 4.69) is 21.8 Å². The van der Waals surface area contributed by atoms with E-state index in [1.807, 2.05) is 36.0 Å². The lowest BCUT2D eigenvalue weighted by atomic mass is 10.3. The number of anilines is 1. The summed E-state index contributed by atoms with van der Waals surface area (Å²) < 4.78 is 2.31. The molecule has 5 heteroatoms. The van der Waals surface area contributed by atoms with E-state index >= 15 is 0 Å². The van der Waals surface area contributed by atoms with Crippen molar-refractivity contribution in [3.63, 3.8) is 0 Å². The van der Waals surface area contributed by atoms with E-state index in [1.54, 1.807) is 0 Å². The molecule has 1 aromatic carbocycles. The summed E-state index contributed by atoms with van der Waals surface area (Å²) in [6.07, 6.45) is 0. The Morgan fingerprint density at radius 2 is 2.17 bits per heavy atom. The van der Waals surface area contributed by atoms with E-state index in [-0.39, 0.29) is 0 Å². The first-order valence-electron chi connectivity index (χ1n) is 5.92. The quantitative estimate of drug-likeness (QED) is 0.932. The highest BCUT2D eigenvalue weighted by Crippen LogP contribution is 2.28. The third-order valence-electron chi connectivity index (χ3n) is 3.09. The summed E-state index contributed by atoms with van der Waals surface area (Å²) in [5.41, 5.74) is 3.49. The third-order valence-corrected chi connectivity index (χ3v) is 4.30. The first kappa shape index (κ1) is 11.9. The van der Waals surface area contributed by atoms with E-state index in [0.29, 0.717) is 0 Å². The fourth-order valence-electron chi connectivity index (χ4n) is 2.12. The number of aryl methyl sites for hydroxylation is 1. The molecule has 1 aliphatic rings. The summed E-state index contributed by atoms with van der Waals surface area (Å²) in [5, 5.41) is 5.33. The second kappa shape index (κ2) is 4.86. The molecule has 0 radical (unpaired) electrons. The Balaban J connectivity index is 1.75. The number of thioether (sulfide) groups is 1. The standard InChI is InChI=1S/C13H14ClN3S/c1-9-12(17-6-7-18-13(17)16-9)8-15-11-4-2-10(14)3-5-11/h2-5,15H,6-8H2,1H3. The van der Waals surface area contributed by atoms with Gasteiger partial charge in [-0.1, -0.05) is 23.4 Å². The molecule has 3 nitrogen and oxygen atoms in total. The predicted molar refractivity (Wildman–Crippen MR) is 76.5 cm³/mol. The lowest BCUT2D eigenvalue weighted by Gasteiger charge is -2.09. The zero-order valence-corrected chi connectivity index (χ0v) is 11.7. The van der Waals surface area contributed by atoms with Gasteiger partial charge in [-0.25, -0.2) is 4.98 Å². The van der Waals surface area contributed by atoms with E-state index < -0.39 is 0 Å². The zero-order valence-electron chi connectivity index (χ0n) is 10.1. The topological polar surface area (TPSA) is 29.9 Å². The van der Waals surface area contributed by atoms with Crippen LogP contribution in [0.1, 0.15) is 11.4 Å². The van der Waals surface area contributed by atoms with Crippen LogP contribution in [0.25, 0.3) is 0 Å². The van der Waals surface area contributed by atoms with Crippen molar-refractivity contribution in [2.45, 2.75) is 25.2 Å². The number of imidazole rings is 1. The number of nitrogens with one attached hydrogen (secondary N) is 1. The average Bonchev–Trinajstić information content (AvgIpc) is 2.90. The molecule has 1 aliphatic heterocycles. The monoisotopic (exact) mass is 279 g/mol. The normalized spacial score (nSPS) is 13.7. The van der Waals surface area contributed by atoms with E-state index in [0.717, 1.165) is 40.4 Å². The second-order valence-electron chi connectivity index (χ2n) is 4.29. The molecule has 0 bridgehead atoms. The fourth-order valence-corrected chi connectivity index (χ4v) is 3.27. The van der Waals surface area contributed by atoms with E-state index in [1.165, 1.54) is 5.69 Å². The van der Waals surface area contributed by atoms with Gasteiger partial charge in [0.05, 0.1) is 17.9 Å². The van der Waals surface area contributed by atoms with E-state index in [9.17, 15) is 0 Å². The maximum absolute atomic E-state index is 5.87. The molecule has 0 saturated carbocycles. The number of hydrogen-bond donors (Lipinski definition) is 1. The largest absolute Gasteiger partial charge is 0.379 e. The minimum Gasteiger partial charge on any atom is -0.379 e. The molecule has 1 aromatic heterocycles. The zero-order chi connectivity index (χ0) is 12.5. The van der Waals surface area contributed by atoms with Crippen molar-refractivity contribution in [1.29, 1.82) is 0 Å². The van der Waals surface area contributed by atoms with Crippen LogP contribution >= 0.6 is 23.4 Å². The number of rotatable bonds is 3. The summed E-state index contributed by atoms with van der Waals surface area (Å²) >= 11 is 7.70. The highest BCUT2D eigenvalue weighted by molar-refractivity contribution is 7.99. The number of fused-ring (bicyclic) bond motifs is 1. The van der Waals surface area contributed by atoms with Crippen molar-refractivity contribution in [2.75, 3.05) is 11.1 Å². The lowest BCUT2D eigenvalue weighted by Crippen LogP contribution is -2.07. The highest BCUT2D eigenvalue weighted by Gasteiger charge is 2.18. The molecule has 0 fully saturated rings. The fraction of sp³-hybridized carbons (Fsp3) is 0.308. The van der Waals surface area contributed by atoms with Crippen molar-refractivity contribution < 1.29 is 0 Å². The van der Waals surface area contributed by atoms with Crippen LogP contribution in [-0.4, -0.2) is 15.3 Å². The molecule has 0 unspecified atom stereocenters. The smallest absolute Gasteiger partial charge is 0.168 e. The molecule has 0 saturated heterocycles. The number of halogens is 1. The first-order valence-corrected chi connectivity index (χ1v) is 7.28. The Morgan fingerprint density at radius 1 is 1.39 bits per heavy atom. The van der Waals surface area contributed by atoms with Crippen LogP contribution in [0.2, 0.25) is 5.02 Å². The van der Waals surface area contributed by atoms with E-state index in [4.69, 9.17) is 11.6 Å². The van der Waals surface area contributed by atoms with Gasteiger partial charge in [-0.3, -0.25) is 0 Å². The molecular formula is C13H14ClN3S. The van der Waals surface area contributed by atoms with Gasteiger partial charge in [0.15, 0.2) is 5.16 Å². The van der Waals surface area contributed by atoms with Gasteiger partial charge < -0.3 is 9.88 Å². The Labute approximate surface area is 116 Å². The predicted octanol–water partition coefficient (Wildman–Crippen LogP) is 3.56. The van der Waals surface area contributed by atoms with Crippen LogP contribution in [0.3, 0.4) is 0 Å². The Morgan fingerprint density at radius 3 is 2.94 bits per heavy atom. The van der Waals surface area contributed by atoms with Gasteiger partial charge in [-0.15, -0.1) is 0 Å². The van der Waals surface area contributed by atoms with Crippen molar-refractivity contribution in [3.05, 3.63) is 40.7 Å². The van der Waals surface area contributed by atoms with Gasteiger partial charge >= 0.3 is 0 Å². The van der Waals surface area contributed by atoms with Crippen LogP contribution in [-0.2, 0) is 13.1 Å². The van der Waals surface area contributed by atoms with Crippen LogP contribution in [0, 0.1) is 6.92 Å². The summed E-state index contributed by atoms with van der Waals surface area (Å²) in [4.78, 5) is 4.58. The summed E-state index contributed by atoms with van der Waals surface area (Å²) in [6.45, 7) is 3.95. The average molecular weight is 280 g/mol. The Hall–Kier alpha value is -1.13. The SMILES string of the molecule is Cc1nc2n(c1CNc1ccc(Cl)cc1)CCS2. The van der Waals surface area contributed by atoms with Crippen molar-refractivity contribution >= 4 is 29.1 Å². The van der Waals surface area contributed by atoms with Crippen LogP contribution in [0.4, 0.5) is 5.69 Å². The highest BCUT2D eigenvalue weighted by atomic mass is 35.5. The first-order chi connectivity index (χ1) is 8.74. The molecular weight excluding hydrogens is 266 g/mol. The molecule has 0 spiro atoms. The van der Waals surface area contributed by atoms with Crippen LogP contribution in [0.15, 0.2) is 29.4 Å². The van der Waals surface area contributed by atoms with Gasteiger partial charge in [0.1, 0.15) is 0 Å². The summed E-state index contributed by atoms with van der Waals surface area (Å²) in [6, 6.07) is 7.78. The van der Waals surface area contributed by atoms with Gasteiger partial charge in [0.2, 0.25) is 0 Å². The molecule has 18 heavy (non-hydrogen) atoms. The molecule has 0 aliphatic carbocycles. The van der Waals surface area contributed by atoms with Crippen molar-refractivity contribution in [1.82, 2.24) is 9.55 Å². The molecule has 2 heterocycles. The van der Waals surface area contributed by atoms with Crippen molar-refractivity contribution in [3.8, 4) is 0 Å². The molecule has 0 atom stereocenters. The minimum atomic E-state index is 0.762. The summed E-state index contributed by atoms with van der Waals surface area (Å²) in [7, 11) is 0. The minimum absolute atomic E-state index is 0.762. The summed E-state index contributed by atoms with van der Waals surface area (Å²) in [5.74, 6) is 1.14. The van der Waals surface area contributed by atoms with Gasteiger partial charge in [0, 0.05) is 23.0 Å². The number of benzene rings is 1. The number of hydrogen-bond acceptors (Lipinski definition) is 3. The van der Waals surface area contributed by atoms with Crippen LogP contribution in [0.5, 0.6) is 0 Å². The second-order valence-corrected chi connectivity index (χ2v) is 5.79. The maximum Gasteiger partial charge on any atom is 0.168 e. The van der Waals surface area contributed by atoms with Gasteiger partial charge in [-0.05, 0) is 31.2 Å². The lowest BCUT2D eigenvalue weighted by molar-refractivity contribution is 0.683. The third kappa shape index (κ3) is 2.22. The number of aromatic nitrogens is 2. The molecule has 2 aromatic rings. The van der Waals surface area contributed by atoms with Gasteiger partial charge in [-0.2, -0.15) is 0 Å². The molecule has 94 valence electrons. The van der Waals surface area contributed by atoms with Crippen molar-refractivity contribution in [2.24, 2.45) is 0 Å².